The van der Waals surface area contributed by atoms with Gasteiger partial charge in [0.2, 0.25) is 0 Å². The van der Waals surface area contributed by atoms with Crippen molar-refractivity contribution in [2.75, 3.05) is 0 Å². The number of hydrogen-bond donors (Lipinski definition) is 0. The average Bonchev–Trinajstić information content (AvgIpc) is 2.61. The molecule has 0 N–H and O–H groups in total. The Hall–Kier alpha value is -0.830. The van der Waals surface area contributed by atoms with E-state index in [1.807, 2.05) is 13.1 Å². The Kier molecular flexibility index (Phi) is 3.81. The smallest absolute Gasteiger partial charge is 0.295 e. The molecule has 1 aliphatic carbocycles. The molecule has 1 aromatic rings. The van der Waals surface area contributed by atoms with Gasteiger partial charge in [-0.3, -0.25) is 4.57 Å². The first kappa shape index (κ1) is 13.6. The number of aryl methyl sites for hydroxylation is 1. The van der Waals surface area contributed by atoms with Gasteiger partial charge in [-0.1, -0.05) is 38.8 Å². The van der Waals surface area contributed by atoms with Crippen LogP contribution in [0.2, 0.25) is 5.15 Å². The van der Waals surface area contributed by atoms with E-state index in [0.717, 1.165) is 12.0 Å². The second-order valence-corrected chi connectivity index (χ2v) is 5.95. The van der Waals surface area contributed by atoms with E-state index < -0.39 is 0 Å². The van der Waals surface area contributed by atoms with Gasteiger partial charge in [0.05, 0.1) is 0 Å². The Morgan fingerprint density at radius 1 is 1.44 bits per heavy atom. The molecule has 0 saturated heterocycles. The first-order chi connectivity index (χ1) is 8.45. The fourth-order valence-corrected chi connectivity index (χ4v) is 3.33. The van der Waals surface area contributed by atoms with Gasteiger partial charge >= 0.3 is 5.69 Å². The predicted octanol–water partition coefficient (Wildman–Crippen LogP) is 3.45. The molecule has 2 rings (SSSR count). The lowest BCUT2D eigenvalue weighted by Gasteiger charge is -2.21. The molecule has 4 atom stereocenters. The van der Waals surface area contributed by atoms with Gasteiger partial charge in [-0.15, -0.1) is 0 Å². The lowest BCUT2D eigenvalue weighted by atomic mass is 9.90. The molecule has 1 saturated carbocycles. The minimum Gasteiger partial charge on any atom is -0.295 e. The van der Waals surface area contributed by atoms with Crippen molar-refractivity contribution in [2.45, 2.75) is 46.6 Å². The Morgan fingerprint density at radius 2 is 2.11 bits per heavy atom. The van der Waals surface area contributed by atoms with Crippen LogP contribution in [0.5, 0.6) is 0 Å². The average molecular weight is 269 g/mol. The monoisotopic (exact) mass is 268 g/mol. The summed E-state index contributed by atoms with van der Waals surface area (Å²) >= 11 is 5.89. The Labute approximate surface area is 113 Å². The summed E-state index contributed by atoms with van der Waals surface area (Å²) in [6.45, 7) is 8.65. The molecule has 0 aromatic carbocycles. The number of hydrogen-bond acceptors (Lipinski definition) is 2. The molecule has 0 amide bonds. The first-order valence-electron chi connectivity index (χ1n) is 6.71. The summed E-state index contributed by atoms with van der Waals surface area (Å²) in [4.78, 5) is 15.9. The van der Waals surface area contributed by atoms with Crippen LogP contribution in [0.25, 0.3) is 0 Å². The van der Waals surface area contributed by atoms with Crippen molar-refractivity contribution in [3.05, 3.63) is 27.4 Å². The zero-order chi connectivity index (χ0) is 13.4. The van der Waals surface area contributed by atoms with Gasteiger partial charge in [0.25, 0.3) is 0 Å². The van der Waals surface area contributed by atoms with E-state index in [2.05, 4.69) is 25.8 Å². The topological polar surface area (TPSA) is 34.9 Å². The molecule has 1 aliphatic rings. The highest BCUT2D eigenvalue weighted by atomic mass is 35.5. The van der Waals surface area contributed by atoms with E-state index >= 15 is 0 Å². The summed E-state index contributed by atoms with van der Waals surface area (Å²) in [7, 11) is 0. The van der Waals surface area contributed by atoms with Crippen LogP contribution >= 0.6 is 11.6 Å². The van der Waals surface area contributed by atoms with Gasteiger partial charge in [0, 0.05) is 17.8 Å². The molecule has 1 fully saturated rings. The summed E-state index contributed by atoms with van der Waals surface area (Å²) in [5, 5.41) is 0.321. The van der Waals surface area contributed by atoms with Crippen LogP contribution in [0.4, 0.5) is 0 Å². The van der Waals surface area contributed by atoms with E-state index in [-0.39, 0.29) is 11.7 Å². The summed E-state index contributed by atoms with van der Waals surface area (Å²) in [5.74, 6) is 1.87. The Balaban J connectivity index is 2.39. The Morgan fingerprint density at radius 3 is 2.67 bits per heavy atom. The number of rotatable bonds is 2. The maximum atomic E-state index is 12.0. The third-order valence-corrected chi connectivity index (χ3v) is 5.06. The van der Waals surface area contributed by atoms with Crippen molar-refractivity contribution in [1.29, 1.82) is 0 Å². The van der Waals surface area contributed by atoms with Crippen LogP contribution in [0, 0.1) is 24.7 Å². The molecule has 18 heavy (non-hydrogen) atoms. The lowest BCUT2D eigenvalue weighted by Crippen LogP contribution is -2.29. The number of halogens is 1. The van der Waals surface area contributed by atoms with Gasteiger partial charge in [-0.05, 0) is 31.1 Å². The third kappa shape index (κ3) is 2.20. The first-order valence-corrected chi connectivity index (χ1v) is 7.08. The van der Waals surface area contributed by atoms with Crippen LogP contribution in [0.15, 0.2) is 11.0 Å². The quantitative estimate of drug-likeness (QED) is 0.770. The SMILES string of the molecule is CCC1CC(n2cc(C)c(Cl)nc2=O)C(C)C1C. The minimum atomic E-state index is -0.216. The van der Waals surface area contributed by atoms with Crippen molar-refractivity contribution < 1.29 is 0 Å². The van der Waals surface area contributed by atoms with Crippen LogP contribution in [-0.4, -0.2) is 9.55 Å². The highest BCUT2D eigenvalue weighted by Gasteiger charge is 2.38. The number of aromatic nitrogens is 2. The van der Waals surface area contributed by atoms with Crippen molar-refractivity contribution in [1.82, 2.24) is 9.55 Å². The molecular formula is C14H21ClN2O. The lowest BCUT2D eigenvalue weighted by molar-refractivity contribution is 0.320. The summed E-state index contributed by atoms with van der Waals surface area (Å²) in [5.41, 5.74) is 0.655. The molecule has 0 bridgehead atoms. The molecule has 0 spiro atoms. The summed E-state index contributed by atoms with van der Waals surface area (Å²) in [6.07, 6.45) is 4.11. The van der Waals surface area contributed by atoms with E-state index in [0.29, 0.717) is 22.9 Å². The highest BCUT2D eigenvalue weighted by molar-refractivity contribution is 6.30. The molecule has 1 aromatic heterocycles. The largest absolute Gasteiger partial charge is 0.349 e. The van der Waals surface area contributed by atoms with Crippen LogP contribution in [0.1, 0.15) is 45.2 Å². The van der Waals surface area contributed by atoms with Crippen molar-refractivity contribution in [2.24, 2.45) is 17.8 Å². The zero-order valence-corrected chi connectivity index (χ0v) is 12.2. The Bertz CT molecular complexity index is 497. The molecule has 3 nitrogen and oxygen atoms in total. The number of nitrogens with zero attached hydrogens (tertiary/aromatic N) is 2. The van der Waals surface area contributed by atoms with Gasteiger partial charge in [-0.2, -0.15) is 4.98 Å². The van der Waals surface area contributed by atoms with E-state index in [1.54, 1.807) is 4.57 Å². The van der Waals surface area contributed by atoms with E-state index in [1.165, 1.54) is 6.42 Å². The fraction of sp³-hybridized carbons (Fsp3) is 0.714. The van der Waals surface area contributed by atoms with Gasteiger partial charge in [0.15, 0.2) is 0 Å². The standard InChI is InChI=1S/C14H21ClN2O/c1-5-11-6-12(10(4)9(11)3)17-7-8(2)13(15)16-14(17)18/h7,9-12H,5-6H2,1-4H3. The van der Waals surface area contributed by atoms with Crippen molar-refractivity contribution >= 4 is 11.6 Å². The molecular weight excluding hydrogens is 248 g/mol. The molecule has 4 unspecified atom stereocenters. The van der Waals surface area contributed by atoms with Crippen molar-refractivity contribution in [3.8, 4) is 0 Å². The van der Waals surface area contributed by atoms with Gasteiger partial charge in [-0.25, -0.2) is 4.79 Å². The summed E-state index contributed by atoms with van der Waals surface area (Å²) < 4.78 is 1.79. The molecule has 100 valence electrons. The third-order valence-electron chi connectivity index (χ3n) is 4.68. The van der Waals surface area contributed by atoms with Crippen LogP contribution < -0.4 is 5.69 Å². The predicted molar refractivity (Wildman–Crippen MR) is 74.0 cm³/mol. The maximum absolute atomic E-state index is 12.0. The van der Waals surface area contributed by atoms with Crippen LogP contribution in [0.3, 0.4) is 0 Å². The van der Waals surface area contributed by atoms with E-state index in [4.69, 9.17) is 11.6 Å². The molecule has 0 radical (unpaired) electrons. The summed E-state index contributed by atoms with van der Waals surface area (Å²) in [6, 6.07) is 0.265. The second kappa shape index (κ2) is 5.04. The van der Waals surface area contributed by atoms with Gasteiger partial charge < -0.3 is 0 Å². The highest BCUT2D eigenvalue weighted by Crippen LogP contribution is 2.44. The van der Waals surface area contributed by atoms with E-state index in [9.17, 15) is 4.79 Å². The fourth-order valence-electron chi connectivity index (χ4n) is 3.21. The minimum absolute atomic E-state index is 0.216. The zero-order valence-electron chi connectivity index (χ0n) is 11.5. The van der Waals surface area contributed by atoms with Crippen molar-refractivity contribution in [3.63, 3.8) is 0 Å². The normalized spacial score (nSPS) is 31.8. The molecule has 0 aliphatic heterocycles. The molecule has 4 heteroatoms. The van der Waals surface area contributed by atoms with Crippen LogP contribution in [-0.2, 0) is 0 Å². The maximum Gasteiger partial charge on any atom is 0.349 e. The van der Waals surface area contributed by atoms with Gasteiger partial charge in [0.1, 0.15) is 5.15 Å². The molecule has 1 heterocycles. The second-order valence-electron chi connectivity index (χ2n) is 5.59.